The number of sulfonamides is 1. The molecule has 1 aromatic heterocycles. The summed E-state index contributed by atoms with van der Waals surface area (Å²) in [5.74, 6) is 1.61. The zero-order valence-electron chi connectivity index (χ0n) is 14.5. The largest absolute Gasteiger partial charge is 0.494 e. The normalized spacial score (nSPS) is 15.4. The number of para-hydroxylation sites is 1. The molecule has 0 aliphatic carbocycles. The number of rotatable bonds is 8. The highest BCUT2D eigenvalue weighted by molar-refractivity contribution is 7.89. The molecule has 0 bridgehead atoms. The van der Waals surface area contributed by atoms with E-state index in [0.717, 1.165) is 5.75 Å². The van der Waals surface area contributed by atoms with Gasteiger partial charge in [0.2, 0.25) is 10.0 Å². The lowest BCUT2D eigenvalue weighted by Gasteiger charge is -2.37. The maximum Gasteiger partial charge on any atom is 0.339 e. The summed E-state index contributed by atoms with van der Waals surface area (Å²) in [7, 11) is -3.33. The summed E-state index contributed by atoms with van der Waals surface area (Å²) in [5, 5.41) is 0. The van der Waals surface area contributed by atoms with Crippen molar-refractivity contribution in [3.63, 3.8) is 0 Å². The summed E-state index contributed by atoms with van der Waals surface area (Å²) in [4.78, 5) is 11.3. The molecule has 1 fully saturated rings. The molecule has 1 aromatic carbocycles. The van der Waals surface area contributed by atoms with Gasteiger partial charge in [0.25, 0.3) is 0 Å². The van der Waals surface area contributed by atoms with Gasteiger partial charge in [0, 0.05) is 6.07 Å². The van der Waals surface area contributed by atoms with Crippen LogP contribution in [0.15, 0.2) is 51.7 Å². The topological polar surface area (TPSA) is 86.0 Å². The van der Waals surface area contributed by atoms with Gasteiger partial charge >= 0.3 is 5.63 Å². The fourth-order valence-corrected chi connectivity index (χ4v) is 4.14. The first-order valence-corrected chi connectivity index (χ1v) is 9.97. The van der Waals surface area contributed by atoms with Gasteiger partial charge in [-0.25, -0.2) is 13.2 Å². The second-order valence-electron chi connectivity index (χ2n) is 6.11. The van der Waals surface area contributed by atoms with Gasteiger partial charge in [-0.2, -0.15) is 4.31 Å². The fraction of sp³-hybridized carbons (Fsp3) is 0.389. The molecule has 26 heavy (non-hydrogen) atoms. The Hall–Kier alpha value is -2.32. The van der Waals surface area contributed by atoms with Crippen LogP contribution in [0.1, 0.15) is 12.2 Å². The number of aryl methyl sites for hydroxylation is 1. The highest BCUT2D eigenvalue weighted by Gasteiger charge is 2.36. The van der Waals surface area contributed by atoms with E-state index in [1.54, 1.807) is 13.0 Å². The molecule has 3 rings (SSSR count). The number of ether oxygens (including phenoxy) is 2. The summed E-state index contributed by atoms with van der Waals surface area (Å²) in [5.41, 5.74) is -0.484. The van der Waals surface area contributed by atoms with E-state index in [1.165, 1.54) is 10.4 Å². The molecule has 2 heterocycles. The van der Waals surface area contributed by atoms with Crippen molar-refractivity contribution in [2.75, 3.05) is 25.4 Å². The minimum atomic E-state index is -3.33. The molecular weight excluding hydrogens is 358 g/mol. The van der Waals surface area contributed by atoms with Crippen LogP contribution in [-0.2, 0) is 10.0 Å². The Morgan fingerprint density at radius 2 is 1.88 bits per heavy atom. The minimum Gasteiger partial charge on any atom is -0.494 e. The van der Waals surface area contributed by atoms with Crippen molar-refractivity contribution in [3.05, 3.63) is 58.6 Å². The zero-order chi connectivity index (χ0) is 18.6. The quantitative estimate of drug-likeness (QED) is 0.650. The molecule has 1 aliphatic rings. The van der Waals surface area contributed by atoms with Crippen molar-refractivity contribution in [1.29, 1.82) is 0 Å². The van der Waals surface area contributed by atoms with E-state index < -0.39 is 15.6 Å². The Kier molecular flexibility index (Phi) is 5.63. The average Bonchev–Trinajstić information content (AvgIpc) is 2.54. The van der Waals surface area contributed by atoms with Gasteiger partial charge in [-0.1, -0.05) is 18.2 Å². The standard InChI is InChI=1S/C18H21NO6S/c1-14-10-16(11-18(20)24-14)25-17-12-19(13-17)26(21,22)9-5-8-23-15-6-3-2-4-7-15/h2-4,6-7,10-11,17H,5,8-9,12-13H2,1H3. The average molecular weight is 379 g/mol. The van der Waals surface area contributed by atoms with Gasteiger partial charge in [0.05, 0.1) is 31.5 Å². The van der Waals surface area contributed by atoms with E-state index in [0.29, 0.717) is 24.5 Å². The molecule has 140 valence electrons. The second kappa shape index (κ2) is 7.92. The molecule has 0 unspecified atom stereocenters. The number of hydrogen-bond acceptors (Lipinski definition) is 6. The second-order valence-corrected chi connectivity index (χ2v) is 8.20. The van der Waals surface area contributed by atoms with Gasteiger partial charge in [-0.3, -0.25) is 0 Å². The molecule has 0 atom stereocenters. The van der Waals surface area contributed by atoms with E-state index in [4.69, 9.17) is 13.9 Å². The third-order valence-electron chi connectivity index (χ3n) is 3.94. The lowest BCUT2D eigenvalue weighted by Crippen LogP contribution is -2.56. The fourth-order valence-electron chi connectivity index (χ4n) is 2.62. The first-order valence-electron chi connectivity index (χ1n) is 8.36. The Morgan fingerprint density at radius 1 is 1.15 bits per heavy atom. The highest BCUT2D eigenvalue weighted by atomic mass is 32.2. The van der Waals surface area contributed by atoms with Crippen molar-refractivity contribution in [2.45, 2.75) is 19.4 Å². The van der Waals surface area contributed by atoms with E-state index in [2.05, 4.69) is 0 Å². The van der Waals surface area contributed by atoms with Crippen LogP contribution in [0.4, 0.5) is 0 Å². The van der Waals surface area contributed by atoms with Crippen molar-refractivity contribution >= 4 is 10.0 Å². The molecule has 0 amide bonds. The van der Waals surface area contributed by atoms with Crippen molar-refractivity contribution in [3.8, 4) is 11.5 Å². The van der Waals surface area contributed by atoms with Crippen LogP contribution in [0.25, 0.3) is 0 Å². The zero-order valence-corrected chi connectivity index (χ0v) is 15.3. The van der Waals surface area contributed by atoms with E-state index in [9.17, 15) is 13.2 Å². The molecule has 1 saturated heterocycles. The third-order valence-corrected chi connectivity index (χ3v) is 5.83. The van der Waals surface area contributed by atoms with Crippen LogP contribution in [0.2, 0.25) is 0 Å². The maximum absolute atomic E-state index is 12.3. The van der Waals surface area contributed by atoms with Gasteiger partial charge in [-0.05, 0) is 25.5 Å². The molecule has 2 aromatic rings. The van der Waals surface area contributed by atoms with E-state index >= 15 is 0 Å². The lowest BCUT2D eigenvalue weighted by atomic mass is 10.2. The van der Waals surface area contributed by atoms with Gasteiger partial charge in [0.1, 0.15) is 23.4 Å². The number of hydrogen-bond donors (Lipinski definition) is 0. The van der Waals surface area contributed by atoms with Crippen molar-refractivity contribution < 1.29 is 22.3 Å². The number of benzene rings is 1. The first kappa shape index (κ1) is 18.5. The smallest absolute Gasteiger partial charge is 0.339 e. The Balaban J connectivity index is 1.41. The summed E-state index contributed by atoms with van der Waals surface area (Å²) < 4.78 is 41.9. The molecule has 0 N–H and O–H groups in total. The van der Waals surface area contributed by atoms with Gasteiger partial charge < -0.3 is 13.9 Å². The van der Waals surface area contributed by atoms with Crippen LogP contribution in [0.5, 0.6) is 11.5 Å². The Labute approximate surface area is 152 Å². The maximum atomic E-state index is 12.3. The monoisotopic (exact) mass is 379 g/mol. The summed E-state index contributed by atoms with van der Waals surface area (Å²) in [6.07, 6.45) is 0.157. The molecule has 1 aliphatic heterocycles. The third kappa shape index (κ3) is 4.86. The summed E-state index contributed by atoms with van der Waals surface area (Å²) in [6.45, 7) is 2.56. The minimum absolute atomic E-state index is 0.0284. The molecular formula is C18H21NO6S. The molecule has 0 spiro atoms. The Morgan fingerprint density at radius 3 is 2.58 bits per heavy atom. The summed E-state index contributed by atoms with van der Waals surface area (Å²) in [6, 6.07) is 12.2. The van der Waals surface area contributed by atoms with Crippen LogP contribution in [0.3, 0.4) is 0 Å². The molecule has 8 heteroatoms. The van der Waals surface area contributed by atoms with Crippen LogP contribution < -0.4 is 15.1 Å². The van der Waals surface area contributed by atoms with Crippen molar-refractivity contribution in [2.24, 2.45) is 0 Å². The van der Waals surface area contributed by atoms with E-state index in [1.807, 2.05) is 30.3 Å². The predicted molar refractivity (Wildman–Crippen MR) is 96.0 cm³/mol. The van der Waals surface area contributed by atoms with Gasteiger partial charge in [-0.15, -0.1) is 0 Å². The summed E-state index contributed by atoms with van der Waals surface area (Å²) >= 11 is 0. The predicted octanol–water partition coefficient (Wildman–Crippen LogP) is 1.81. The molecule has 0 radical (unpaired) electrons. The van der Waals surface area contributed by atoms with Crippen LogP contribution in [-0.4, -0.2) is 44.3 Å². The van der Waals surface area contributed by atoms with E-state index in [-0.39, 0.29) is 24.9 Å². The Bertz CT molecular complexity index is 887. The van der Waals surface area contributed by atoms with Crippen molar-refractivity contribution in [1.82, 2.24) is 4.31 Å². The van der Waals surface area contributed by atoms with Gasteiger partial charge in [0.15, 0.2) is 0 Å². The van der Waals surface area contributed by atoms with Crippen LogP contribution in [0, 0.1) is 6.92 Å². The van der Waals surface area contributed by atoms with Crippen LogP contribution >= 0.6 is 0 Å². The molecule has 0 saturated carbocycles. The molecule has 7 nitrogen and oxygen atoms in total. The SMILES string of the molecule is Cc1cc(OC2CN(S(=O)(=O)CCCOc3ccccc3)C2)cc(=O)o1. The first-order chi connectivity index (χ1) is 12.4. The highest BCUT2D eigenvalue weighted by Crippen LogP contribution is 2.21. The lowest BCUT2D eigenvalue weighted by molar-refractivity contribution is 0.0753. The number of nitrogens with zero attached hydrogens (tertiary/aromatic N) is 1.